The Morgan fingerprint density at radius 1 is 1.40 bits per heavy atom. The van der Waals surface area contributed by atoms with Crippen molar-refractivity contribution >= 4 is 17.3 Å². The van der Waals surface area contributed by atoms with Crippen molar-refractivity contribution in [2.45, 2.75) is 39.3 Å². The number of benzene rings is 1. The highest BCUT2D eigenvalue weighted by Crippen LogP contribution is 2.20. The normalized spacial score (nSPS) is 16.8. The van der Waals surface area contributed by atoms with E-state index in [0.717, 1.165) is 30.8 Å². The molecule has 1 aliphatic rings. The molecule has 1 aromatic carbocycles. The highest BCUT2D eigenvalue weighted by molar-refractivity contribution is 5.90. The summed E-state index contributed by atoms with van der Waals surface area (Å²) < 4.78 is 21.3. The number of hydrogen-bond donors (Lipinski definition) is 2. The average Bonchev–Trinajstić information content (AvgIpc) is 3.16. The molecule has 134 valence electrons. The zero-order valence-corrected chi connectivity index (χ0v) is 14.5. The Labute approximate surface area is 146 Å². The largest absolute Gasteiger partial charge is 0.380 e. The summed E-state index contributed by atoms with van der Waals surface area (Å²) in [6, 6.07) is 6.53. The molecule has 1 atom stereocenters. The fourth-order valence-electron chi connectivity index (χ4n) is 2.94. The molecule has 25 heavy (non-hydrogen) atoms. The van der Waals surface area contributed by atoms with Crippen LogP contribution in [-0.2, 0) is 16.1 Å². The molecule has 2 aromatic rings. The van der Waals surface area contributed by atoms with E-state index in [-0.39, 0.29) is 18.6 Å². The fourth-order valence-corrected chi connectivity index (χ4v) is 2.94. The zero-order valence-electron chi connectivity index (χ0n) is 14.5. The second-order valence-electron chi connectivity index (χ2n) is 6.34. The Kier molecular flexibility index (Phi) is 5.33. The number of amides is 1. The Balaban J connectivity index is 1.56. The summed E-state index contributed by atoms with van der Waals surface area (Å²) in [6.45, 7) is 5.22. The van der Waals surface area contributed by atoms with Crippen molar-refractivity contribution in [3.63, 3.8) is 0 Å². The molecule has 0 aliphatic carbocycles. The van der Waals surface area contributed by atoms with E-state index >= 15 is 0 Å². The topological polar surface area (TPSA) is 68.2 Å². The van der Waals surface area contributed by atoms with Crippen molar-refractivity contribution in [1.82, 2.24) is 9.78 Å². The summed E-state index contributed by atoms with van der Waals surface area (Å²) in [5.41, 5.74) is 2.60. The molecule has 1 saturated heterocycles. The number of aryl methyl sites for hydroxylation is 2. The van der Waals surface area contributed by atoms with Crippen LogP contribution < -0.4 is 10.6 Å². The number of anilines is 2. The Hall–Kier alpha value is -2.41. The quantitative estimate of drug-likeness (QED) is 0.844. The number of ether oxygens (including phenoxy) is 1. The number of carbonyl (C=O) groups excluding carboxylic acids is 1. The number of carbonyl (C=O) groups is 1. The van der Waals surface area contributed by atoms with Crippen LogP contribution in [0.3, 0.4) is 0 Å². The molecule has 3 rings (SSSR count). The highest BCUT2D eigenvalue weighted by atomic mass is 19.1. The predicted molar refractivity (Wildman–Crippen MR) is 94.2 cm³/mol. The fraction of sp³-hybridized carbons (Fsp3) is 0.444. The van der Waals surface area contributed by atoms with Crippen molar-refractivity contribution in [1.29, 1.82) is 0 Å². The Morgan fingerprint density at radius 2 is 2.24 bits per heavy atom. The molecule has 1 aliphatic heterocycles. The highest BCUT2D eigenvalue weighted by Gasteiger charge is 2.16. The summed E-state index contributed by atoms with van der Waals surface area (Å²) in [6.07, 6.45) is 2.18. The molecule has 0 bridgehead atoms. The van der Waals surface area contributed by atoms with Gasteiger partial charge in [-0.1, -0.05) is 0 Å². The van der Waals surface area contributed by atoms with Gasteiger partial charge in [-0.2, -0.15) is 5.10 Å². The first-order chi connectivity index (χ1) is 12.0. The molecule has 1 fully saturated rings. The first-order valence-electron chi connectivity index (χ1n) is 8.47. The van der Waals surface area contributed by atoms with E-state index in [1.165, 1.54) is 6.07 Å². The van der Waals surface area contributed by atoms with Gasteiger partial charge in [-0.3, -0.25) is 9.48 Å². The minimum absolute atomic E-state index is 0.0975. The molecule has 0 spiro atoms. The van der Waals surface area contributed by atoms with Crippen LogP contribution in [0.1, 0.15) is 24.2 Å². The maximum atomic E-state index is 14.2. The molecule has 6 nitrogen and oxygen atoms in total. The number of hydrogen-bond acceptors (Lipinski definition) is 4. The molecule has 0 unspecified atom stereocenters. The van der Waals surface area contributed by atoms with Gasteiger partial charge in [-0.15, -0.1) is 0 Å². The molecular formula is C18H23FN4O2. The number of halogens is 1. The first kappa shape index (κ1) is 17.4. The SMILES string of the molecule is Cc1cc(C)n(CC(=O)Nc2ccc(NC[C@H]3CCCO3)c(F)c2)n1. The van der Waals surface area contributed by atoms with Gasteiger partial charge in [-0.25, -0.2) is 4.39 Å². The van der Waals surface area contributed by atoms with E-state index in [0.29, 0.717) is 17.9 Å². The second kappa shape index (κ2) is 7.65. The van der Waals surface area contributed by atoms with Crippen LogP contribution >= 0.6 is 0 Å². The molecule has 2 heterocycles. The van der Waals surface area contributed by atoms with Gasteiger partial charge in [0.15, 0.2) is 0 Å². The van der Waals surface area contributed by atoms with Gasteiger partial charge in [0.2, 0.25) is 5.91 Å². The van der Waals surface area contributed by atoms with Crippen LogP contribution in [0.4, 0.5) is 15.8 Å². The number of aromatic nitrogens is 2. The zero-order chi connectivity index (χ0) is 17.8. The smallest absolute Gasteiger partial charge is 0.246 e. The second-order valence-corrected chi connectivity index (χ2v) is 6.34. The van der Waals surface area contributed by atoms with Crippen LogP contribution in [0.25, 0.3) is 0 Å². The standard InChI is InChI=1S/C18H23FN4O2/c1-12-8-13(2)23(22-12)11-18(24)21-14-5-6-17(16(19)9-14)20-10-15-4-3-7-25-15/h5-6,8-9,15,20H,3-4,7,10-11H2,1-2H3,(H,21,24)/t15-/m1/s1. The maximum Gasteiger partial charge on any atom is 0.246 e. The third-order valence-electron chi connectivity index (χ3n) is 4.19. The Morgan fingerprint density at radius 3 is 2.88 bits per heavy atom. The van der Waals surface area contributed by atoms with Gasteiger partial charge in [-0.05, 0) is 51.0 Å². The lowest BCUT2D eigenvalue weighted by atomic mass is 10.2. The molecule has 2 N–H and O–H groups in total. The molecule has 0 saturated carbocycles. The third kappa shape index (κ3) is 4.57. The van der Waals surface area contributed by atoms with Crippen molar-refractivity contribution < 1.29 is 13.9 Å². The summed E-state index contributed by atoms with van der Waals surface area (Å²) in [5.74, 6) is -0.646. The van der Waals surface area contributed by atoms with Crippen LogP contribution in [0.5, 0.6) is 0 Å². The molecule has 1 aromatic heterocycles. The molecule has 1 amide bonds. The minimum Gasteiger partial charge on any atom is -0.380 e. The molecular weight excluding hydrogens is 323 g/mol. The molecule has 7 heteroatoms. The van der Waals surface area contributed by atoms with Crippen LogP contribution in [0.2, 0.25) is 0 Å². The van der Waals surface area contributed by atoms with Gasteiger partial charge in [0.25, 0.3) is 0 Å². The van der Waals surface area contributed by atoms with Gasteiger partial charge in [0.1, 0.15) is 12.4 Å². The van der Waals surface area contributed by atoms with E-state index in [9.17, 15) is 9.18 Å². The van der Waals surface area contributed by atoms with Crippen LogP contribution in [-0.4, -0.2) is 34.9 Å². The van der Waals surface area contributed by atoms with E-state index in [1.807, 2.05) is 19.9 Å². The lowest BCUT2D eigenvalue weighted by Gasteiger charge is -2.13. The van der Waals surface area contributed by atoms with Gasteiger partial charge >= 0.3 is 0 Å². The summed E-state index contributed by atoms with van der Waals surface area (Å²) in [5, 5.41) is 10.0. The third-order valence-corrected chi connectivity index (χ3v) is 4.19. The van der Waals surface area contributed by atoms with E-state index in [4.69, 9.17) is 4.74 Å². The van der Waals surface area contributed by atoms with Gasteiger partial charge < -0.3 is 15.4 Å². The number of nitrogens with one attached hydrogen (secondary N) is 2. The van der Waals surface area contributed by atoms with Crippen molar-refractivity contribution in [2.75, 3.05) is 23.8 Å². The number of rotatable bonds is 6. The first-order valence-corrected chi connectivity index (χ1v) is 8.47. The summed E-state index contributed by atoms with van der Waals surface area (Å²) >= 11 is 0. The van der Waals surface area contributed by atoms with E-state index < -0.39 is 5.82 Å². The van der Waals surface area contributed by atoms with Crippen molar-refractivity contribution in [2.24, 2.45) is 0 Å². The predicted octanol–water partition coefficient (Wildman–Crippen LogP) is 2.87. The lowest BCUT2D eigenvalue weighted by molar-refractivity contribution is -0.116. The lowest BCUT2D eigenvalue weighted by Crippen LogP contribution is -2.21. The molecule has 0 radical (unpaired) electrons. The summed E-state index contributed by atoms with van der Waals surface area (Å²) in [7, 11) is 0. The summed E-state index contributed by atoms with van der Waals surface area (Å²) in [4.78, 5) is 12.1. The Bertz CT molecular complexity index is 754. The van der Waals surface area contributed by atoms with Crippen LogP contribution in [0, 0.1) is 19.7 Å². The van der Waals surface area contributed by atoms with Gasteiger partial charge in [0, 0.05) is 24.5 Å². The average molecular weight is 346 g/mol. The van der Waals surface area contributed by atoms with Crippen LogP contribution in [0.15, 0.2) is 24.3 Å². The van der Waals surface area contributed by atoms with E-state index in [1.54, 1.807) is 16.8 Å². The number of nitrogens with zero attached hydrogens (tertiary/aromatic N) is 2. The minimum atomic E-state index is -0.401. The van der Waals surface area contributed by atoms with Gasteiger partial charge in [0.05, 0.1) is 17.5 Å². The van der Waals surface area contributed by atoms with E-state index in [2.05, 4.69) is 15.7 Å². The monoisotopic (exact) mass is 346 g/mol. The maximum absolute atomic E-state index is 14.2. The van der Waals surface area contributed by atoms with Crippen molar-refractivity contribution in [3.05, 3.63) is 41.5 Å². The van der Waals surface area contributed by atoms with Crippen molar-refractivity contribution in [3.8, 4) is 0 Å².